The summed E-state index contributed by atoms with van der Waals surface area (Å²) in [6.07, 6.45) is 0.744. The van der Waals surface area contributed by atoms with Gasteiger partial charge in [0.15, 0.2) is 4.20 Å². The molecule has 1 heterocycles. The molecule has 0 bridgehead atoms. The highest BCUT2D eigenvalue weighted by Crippen LogP contribution is 2.31. The Labute approximate surface area is 129 Å². The minimum Gasteiger partial charge on any atom is -0.302 e. The summed E-state index contributed by atoms with van der Waals surface area (Å²) in [7, 11) is 0. The summed E-state index contributed by atoms with van der Waals surface area (Å²) >= 11 is 13.2. The van der Waals surface area contributed by atoms with Crippen LogP contribution < -0.4 is 0 Å². The summed E-state index contributed by atoms with van der Waals surface area (Å²) in [5, 5.41) is 2.50. The van der Waals surface area contributed by atoms with E-state index in [2.05, 4.69) is 85.5 Å². The number of amidine groups is 1. The monoisotopic (exact) mass is 306 g/mol. The fourth-order valence-electron chi connectivity index (χ4n) is 2.34. The number of hydrogen-bond acceptors (Lipinski definition) is 5. The molecule has 1 aliphatic rings. The molecule has 0 saturated heterocycles. The molecule has 0 N–H and O–H groups in total. The molecule has 0 unspecified atom stereocenters. The van der Waals surface area contributed by atoms with Gasteiger partial charge in [0.05, 0.1) is 6.54 Å². The van der Waals surface area contributed by atoms with Gasteiger partial charge in [-0.1, -0.05) is 55.3 Å². The van der Waals surface area contributed by atoms with Gasteiger partial charge >= 0.3 is 0 Å². The van der Waals surface area contributed by atoms with Gasteiger partial charge in [0.25, 0.3) is 0 Å². The Kier molecular flexibility index (Phi) is 3.45. The fraction of sp³-hybridized carbons (Fsp3) is 0.214. The van der Waals surface area contributed by atoms with Gasteiger partial charge in [-0.25, -0.2) is 4.99 Å². The highest BCUT2D eigenvalue weighted by Gasteiger charge is 2.31. The second-order valence-electron chi connectivity index (χ2n) is 4.68. The van der Waals surface area contributed by atoms with Crippen LogP contribution in [0.4, 0.5) is 0 Å². The number of fused-ring (bicyclic) bond motifs is 1. The van der Waals surface area contributed by atoms with Crippen LogP contribution in [-0.2, 0) is 6.42 Å². The lowest BCUT2D eigenvalue weighted by atomic mass is 10.0. The molecule has 0 amide bonds. The third kappa shape index (κ3) is 2.73. The zero-order chi connectivity index (χ0) is 13.5. The predicted octanol–water partition coefficient (Wildman–Crippen LogP) is 3.45. The van der Waals surface area contributed by atoms with E-state index in [1.165, 1.54) is 16.3 Å². The van der Waals surface area contributed by atoms with Crippen LogP contribution in [0, 0.1) is 0 Å². The van der Waals surface area contributed by atoms with E-state index < -0.39 is 4.20 Å². The largest absolute Gasteiger partial charge is 0.302 e. The Bertz CT molecular complexity index is 647. The quantitative estimate of drug-likeness (QED) is 0.572. The number of rotatable bonds is 2. The van der Waals surface area contributed by atoms with Crippen LogP contribution in [0.3, 0.4) is 0 Å². The van der Waals surface area contributed by atoms with Crippen LogP contribution in [0.15, 0.2) is 47.5 Å². The third-order valence-electron chi connectivity index (χ3n) is 3.20. The van der Waals surface area contributed by atoms with E-state index in [1.807, 2.05) is 4.31 Å². The molecule has 0 radical (unpaired) electrons. The van der Waals surface area contributed by atoms with Crippen molar-refractivity contribution in [2.24, 2.45) is 4.99 Å². The maximum absolute atomic E-state index is 4.50. The van der Waals surface area contributed by atoms with Crippen LogP contribution in [0.25, 0.3) is 10.8 Å². The van der Waals surface area contributed by atoms with E-state index in [-0.39, 0.29) is 0 Å². The third-order valence-corrected chi connectivity index (χ3v) is 4.05. The molecule has 19 heavy (non-hydrogen) atoms. The van der Waals surface area contributed by atoms with Gasteiger partial charge in [0.1, 0.15) is 5.84 Å². The summed E-state index contributed by atoms with van der Waals surface area (Å²) in [5.41, 5.74) is 1.25. The molecule has 3 rings (SSSR count). The molecular formula is C14H14N2S3. The van der Waals surface area contributed by atoms with E-state index >= 15 is 0 Å². The molecule has 0 fully saturated rings. The lowest BCUT2D eigenvalue weighted by Gasteiger charge is -2.15. The molecule has 0 atom stereocenters. The fourth-order valence-corrected chi connectivity index (χ4v) is 3.40. The predicted molar refractivity (Wildman–Crippen MR) is 91.5 cm³/mol. The molecule has 0 aliphatic carbocycles. The first-order valence-electron chi connectivity index (χ1n) is 6.02. The van der Waals surface area contributed by atoms with E-state index in [4.69, 9.17) is 0 Å². The Morgan fingerprint density at radius 3 is 2.58 bits per heavy atom. The summed E-state index contributed by atoms with van der Waals surface area (Å²) in [6, 6.07) is 14.7. The Balaban J connectivity index is 1.99. The second kappa shape index (κ2) is 4.96. The lowest BCUT2D eigenvalue weighted by Crippen LogP contribution is -2.22. The SMILES string of the molecule is SN1CC(S)(S)N=C1Cc1cccc2ccccc12. The van der Waals surface area contributed by atoms with Crippen molar-refractivity contribution in [3.8, 4) is 0 Å². The molecule has 0 spiro atoms. The molecule has 98 valence electrons. The summed E-state index contributed by atoms with van der Waals surface area (Å²) < 4.78 is 1.18. The van der Waals surface area contributed by atoms with E-state index in [9.17, 15) is 0 Å². The highest BCUT2D eigenvalue weighted by molar-refractivity contribution is 8.00. The van der Waals surface area contributed by atoms with E-state index in [0.717, 1.165) is 12.3 Å². The molecule has 1 aliphatic heterocycles. The summed E-state index contributed by atoms with van der Waals surface area (Å²) in [5.74, 6) is 0.907. The first-order valence-corrected chi connectivity index (χ1v) is 7.31. The topological polar surface area (TPSA) is 15.6 Å². The van der Waals surface area contributed by atoms with Gasteiger partial charge < -0.3 is 4.31 Å². The van der Waals surface area contributed by atoms with Crippen LogP contribution in [0.5, 0.6) is 0 Å². The van der Waals surface area contributed by atoms with Crippen molar-refractivity contribution < 1.29 is 0 Å². The highest BCUT2D eigenvalue weighted by atomic mass is 32.2. The zero-order valence-electron chi connectivity index (χ0n) is 10.2. The average molecular weight is 306 g/mol. The van der Waals surface area contributed by atoms with Gasteiger partial charge in [-0.3, -0.25) is 0 Å². The van der Waals surface area contributed by atoms with Crippen molar-refractivity contribution >= 4 is 54.7 Å². The number of hydrogen-bond donors (Lipinski definition) is 3. The van der Waals surface area contributed by atoms with Crippen LogP contribution in [-0.4, -0.2) is 20.9 Å². The van der Waals surface area contributed by atoms with Crippen LogP contribution >= 0.6 is 38.1 Å². The Morgan fingerprint density at radius 1 is 1.11 bits per heavy atom. The molecule has 0 saturated carbocycles. The van der Waals surface area contributed by atoms with Crippen molar-refractivity contribution in [2.75, 3.05) is 6.54 Å². The number of nitrogens with zero attached hydrogens (tertiary/aromatic N) is 2. The number of thiol groups is 3. The molecule has 2 aromatic rings. The minimum absolute atomic E-state index is 0.600. The van der Waals surface area contributed by atoms with Gasteiger partial charge in [-0.2, -0.15) is 0 Å². The second-order valence-corrected chi connectivity index (χ2v) is 6.99. The lowest BCUT2D eigenvalue weighted by molar-refractivity contribution is 0.697. The summed E-state index contributed by atoms with van der Waals surface area (Å²) in [4.78, 5) is 4.50. The normalized spacial score (nSPS) is 17.8. The van der Waals surface area contributed by atoms with Crippen molar-refractivity contribution in [2.45, 2.75) is 10.6 Å². The maximum atomic E-state index is 4.50. The van der Waals surface area contributed by atoms with Gasteiger partial charge in [0.2, 0.25) is 0 Å². The van der Waals surface area contributed by atoms with Crippen molar-refractivity contribution in [3.05, 3.63) is 48.0 Å². The van der Waals surface area contributed by atoms with Crippen molar-refractivity contribution in [1.82, 2.24) is 4.31 Å². The smallest absolute Gasteiger partial charge is 0.166 e. The van der Waals surface area contributed by atoms with Crippen molar-refractivity contribution in [3.63, 3.8) is 0 Å². The average Bonchev–Trinajstić information content (AvgIpc) is 2.63. The number of aliphatic imine (C=N–C) groups is 1. The first kappa shape index (κ1) is 13.2. The van der Waals surface area contributed by atoms with Crippen LogP contribution in [0.2, 0.25) is 0 Å². The maximum Gasteiger partial charge on any atom is 0.166 e. The molecule has 5 heteroatoms. The molecule has 0 aromatic heterocycles. The minimum atomic E-state index is -0.637. The standard InChI is InChI=1S/C14H14N2S3/c17-14(18)9-16(19)13(15-14)8-11-6-3-5-10-4-1-2-7-12(10)11/h1-7,17-19H,8-9H2. The van der Waals surface area contributed by atoms with E-state index in [0.29, 0.717) is 6.54 Å². The van der Waals surface area contributed by atoms with Crippen LogP contribution in [0.1, 0.15) is 5.56 Å². The first-order chi connectivity index (χ1) is 9.05. The van der Waals surface area contributed by atoms with Gasteiger partial charge in [-0.05, 0) is 16.3 Å². The zero-order valence-corrected chi connectivity index (χ0v) is 12.9. The van der Waals surface area contributed by atoms with E-state index in [1.54, 1.807) is 0 Å². The molecule has 2 aromatic carbocycles. The van der Waals surface area contributed by atoms with Gasteiger partial charge in [-0.15, -0.1) is 25.3 Å². The van der Waals surface area contributed by atoms with Gasteiger partial charge in [0, 0.05) is 6.42 Å². The Morgan fingerprint density at radius 2 is 1.84 bits per heavy atom. The molecular weight excluding hydrogens is 292 g/mol. The Hall–Kier alpha value is -0.780. The molecule has 2 nitrogen and oxygen atoms in total. The number of benzene rings is 2. The summed E-state index contributed by atoms with van der Waals surface area (Å²) in [6.45, 7) is 0.600. The van der Waals surface area contributed by atoms with Crippen molar-refractivity contribution in [1.29, 1.82) is 0 Å².